The van der Waals surface area contributed by atoms with Crippen LogP contribution in [0.5, 0.6) is 5.75 Å². The average molecular weight is 352 g/mol. The van der Waals surface area contributed by atoms with E-state index in [1.54, 1.807) is 7.11 Å². The fraction of sp³-hybridized carbons (Fsp3) is 0.409. The Labute approximate surface area is 156 Å². The van der Waals surface area contributed by atoms with Gasteiger partial charge >= 0.3 is 0 Å². The molecule has 1 amide bonds. The maximum atomic E-state index is 12.6. The van der Waals surface area contributed by atoms with Crippen LogP contribution in [-0.4, -0.2) is 37.0 Å². The number of likely N-dealkylation sites (tertiary alicyclic amines) is 1. The molecule has 2 aromatic rings. The maximum Gasteiger partial charge on any atom is 0.241 e. The summed E-state index contributed by atoms with van der Waals surface area (Å²) in [6, 6.07) is 18.1. The lowest BCUT2D eigenvalue weighted by Crippen LogP contribution is -2.46. The minimum atomic E-state index is -0.141. The molecule has 0 bridgehead atoms. The molecule has 1 saturated heterocycles. The Morgan fingerprint density at radius 1 is 1.12 bits per heavy atom. The number of benzene rings is 2. The zero-order chi connectivity index (χ0) is 18.4. The molecule has 4 heteroatoms. The lowest BCUT2D eigenvalue weighted by atomic mass is 9.89. The summed E-state index contributed by atoms with van der Waals surface area (Å²) in [5.41, 5.74) is 2.14. The Kier molecular flexibility index (Phi) is 6.29. The molecule has 1 heterocycles. The minimum absolute atomic E-state index is 0.0241. The smallest absolute Gasteiger partial charge is 0.241 e. The SMILES string of the molecule is COc1ccccc1NC(=O)C(C)N1CCC(Cc2ccccc2)CC1. The molecule has 138 valence electrons. The van der Waals surface area contributed by atoms with Gasteiger partial charge in [-0.2, -0.15) is 0 Å². The van der Waals surface area contributed by atoms with Crippen LogP contribution in [0.15, 0.2) is 54.6 Å². The molecule has 3 rings (SSSR count). The Hall–Kier alpha value is -2.33. The largest absolute Gasteiger partial charge is 0.495 e. The van der Waals surface area contributed by atoms with E-state index in [0.29, 0.717) is 11.7 Å². The molecule has 0 spiro atoms. The zero-order valence-corrected chi connectivity index (χ0v) is 15.7. The summed E-state index contributed by atoms with van der Waals surface area (Å²) in [6.07, 6.45) is 3.42. The minimum Gasteiger partial charge on any atom is -0.495 e. The number of anilines is 1. The summed E-state index contributed by atoms with van der Waals surface area (Å²) in [7, 11) is 1.62. The van der Waals surface area contributed by atoms with Crippen LogP contribution in [0, 0.1) is 5.92 Å². The van der Waals surface area contributed by atoms with Crippen molar-refractivity contribution in [2.24, 2.45) is 5.92 Å². The second kappa shape index (κ2) is 8.86. The first-order valence-electron chi connectivity index (χ1n) is 9.39. The van der Waals surface area contributed by atoms with Crippen LogP contribution < -0.4 is 10.1 Å². The number of hydrogen-bond acceptors (Lipinski definition) is 3. The number of nitrogens with zero attached hydrogens (tertiary/aromatic N) is 1. The monoisotopic (exact) mass is 352 g/mol. The fourth-order valence-electron chi connectivity index (χ4n) is 3.64. The molecule has 2 aromatic carbocycles. The van der Waals surface area contributed by atoms with Crippen molar-refractivity contribution in [3.8, 4) is 5.75 Å². The van der Waals surface area contributed by atoms with Crippen LogP contribution >= 0.6 is 0 Å². The van der Waals surface area contributed by atoms with Crippen molar-refractivity contribution < 1.29 is 9.53 Å². The number of nitrogens with one attached hydrogen (secondary N) is 1. The number of piperidine rings is 1. The van der Waals surface area contributed by atoms with Crippen molar-refractivity contribution in [1.29, 1.82) is 0 Å². The van der Waals surface area contributed by atoms with Crippen molar-refractivity contribution >= 4 is 11.6 Å². The van der Waals surface area contributed by atoms with Gasteiger partial charge in [0.2, 0.25) is 5.91 Å². The lowest BCUT2D eigenvalue weighted by Gasteiger charge is -2.35. The van der Waals surface area contributed by atoms with Crippen LogP contribution in [0.3, 0.4) is 0 Å². The van der Waals surface area contributed by atoms with E-state index >= 15 is 0 Å². The highest BCUT2D eigenvalue weighted by molar-refractivity contribution is 5.95. The standard InChI is InChI=1S/C22H28N2O2/c1-17(22(25)23-20-10-6-7-11-21(20)26-2)24-14-12-19(13-15-24)16-18-8-4-3-5-9-18/h3-11,17,19H,12-16H2,1-2H3,(H,23,25). The molecule has 1 unspecified atom stereocenters. The van der Waals surface area contributed by atoms with E-state index in [-0.39, 0.29) is 11.9 Å². The van der Waals surface area contributed by atoms with Gasteiger partial charge in [0.25, 0.3) is 0 Å². The first-order chi connectivity index (χ1) is 12.7. The topological polar surface area (TPSA) is 41.6 Å². The van der Waals surface area contributed by atoms with Gasteiger partial charge in [0, 0.05) is 0 Å². The number of ether oxygens (including phenoxy) is 1. The van der Waals surface area contributed by atoms with E-state index in [2.05, 4.69) is 40.5 Å². The molecular formula is C22H28N2O2. The van der Waals surface area contributed by atoms with Gasteiger partial charge in [0.1, 0.15) is 5.75 Å². The summed E-state index contributed by atoms with van der Waals surface area (Å²) in [6.45, 7) is 3.93. The Bertz CT molecular complexity index is 709. The number of methoxy groups -OCH3 is 1. The molecular weight excluding hydrogens is 324 g/mol. The van der Waals surface area contributed by atoms with Gasteiger partial charge in [-0.15, -0.1) is 0 Å². The van der Waals surface area contributed by atoms with E-state index in [0.717, 1.165) is 38.0 Å². The first-order valence-corrected chi connectivity index (χ1v) is 9.39. The third-order valence-corrected chi connectivity index (χ3v) is 5.31. The quantitative estimate of drug-likeness (QED) is 0.855. The van der Waals surface area contributed by atoms with Gasteiger partial charge in [-0.1, -0.05) is 42.5 Å². The highest BCUT2D eigenvalue weighted by Gasteiger charge is 2.27. The van der Waals surface area contributed by atoms with E-state index in [1.807, 2.05) is 31.2 Å². The van der Waals surface area contributed by atoms with E-state index < -0.39 is 0 Å². The van der Waals surface area contributed by atoms with Gasteiger partial charge in [-0.25, -0.2) is 0 Å². The lowest BCUT2D eigenvalue weighted by molar-refractivity contribution is -0.121. The molecule has 26 heavy (non-hydrogen) atoms. The third kappa shape index (κ3) is 4.64. The summed E-state index contributed by atoms with van der Waals surface area (Å²) in [4.78, 5) is 14.9. The third-order valence-electron chi connectivity index (χ3n) is 5.31. The summed E-state index contributed by atoms with van der Waals surface area (Å²) in [5, 5.41) is 3.00. The highest BCUT2D eigenvalue weighted by atomic mass is 16.5. The van der Waals surface area contributed by atoms with Crippen molar-refractivity contribution in [2.75, 3.05) is 25.5 Å². The molecule has 1 N–H and O–H groups in total. The first kappa shape index (κ1) is 18.5. The number of para-hydroxylation sites is 2. The molecule has 1 aliphatic rings. The molecule has 0 radical (unpaired) electrons. The number of carbonyl (C=O) groups excluding carboxylic acids is 1. The Balaban J connectivity index is 1.51. The van der Waals surface area contributed by atoms with Crippen molar-refractivity contribution in [2.45, 2.75) is 32.2 Å². The molecule has 0 aliphatic carbocycles. The molecule has 1 aliphatic heterocycles. The predicted octanol–water partition coefficient (Wildman–Crippen LogP) is 3.98. The fourth-order valence-corrected chi connectivity index (χ4v) is 3.64. The summed E-state index contributed by atoms with van der Waals surface area (Å²) < 4.78 is 5.31. The summed E-state index contributed by atoms with van der Waals surface area (Å²) in [5.74, 6) is 1.42. The van der Waals surface area contributed by atoms with Crippen molar-refractivity contribution in [3.63, 3.8) is 0 Å². The number of rotatable bonds is 6. The van der Waals surface area contributed by atoms with Gasteiger partial charge in [-0.05, 0) is 62.9 Å². The maximum absolute atomic E-state index is 12.6. The van der Waals surface area contributed by atoms with E-state index in [4.69, 9.17) is 4.74 Å². The number of carbonyl (C=O) groups is 1. The van der Waals surface area contributed by atoms with Crippen LogP contribution in [0.2, 0.25) is 0 Å². The van der Waals surface area contributed by atoms with Crippen LogP contribution in [-0.2, 0) is 11.2 Å². The van der Waals surface area contributed by atoms with Crippen LogP contribution in [0.4, 0.5) is 5.69 Å². The second-order valence-electron chi connectivity index (χ2n) is 7.03. The molecule has 1 atom stereocenters. The average Bonchev–Trinajstić information content (AvgIpc) is 2.69. The van der Waals surface area contributed by atoms with Crippen molar-refractivity contribution in [1.82, 2.24) is 4.90 Å². The van der Waals surface area contributed by atoms with Gasteiger partial charge in [-0.3, -0.25) is 9.69 Å². The highest BCUT2D eigenvalue weighted by Crippen LogP contribution is 2.25. The summed E-state index contributed by atoms with van der Waals surface area (Å²) >= 11 is 0. The number of hydrogen-bond donors (Lipinski definition) is 1. The van der Waals surface area contributed by atoms with E-state index in [9.17, 15) is 4.79 Å². The van der Waals surface area contributed by atoms with E-state index in [1.165, 1.54) is 5.56 Å². The predicted molar refractivity (Wildman–Crippen MR) is 106 cm³/mol. The molecule has 4 nitrogen and oxygen atoms in total. The van der Waals surface area contributed by atoms with Gasteiger partial charge in [0.15, 0.2) is 0 Å². The Morgan fingerprint density at radius 3 is 2.46 bits per heavy atom. The molecule has 0 aromatic heterocycles. The number of amides is 1. The second-order valence-corrected chi connectivity index (χ2v) is 7.03. The van der Waals surface area contributed by atoms with Crippen LogP contribution in [0.1, 0.15) is 25.3 Å². The normalized spacial score (nSPS) is 16.8. The molecule has 1 fully saturated rings. The Morgan fingerprint density at radius 2 is 1.77 bits per heavy atom. The van der Waals surface area contributed by atoms with Gasteiger partial charge in [0.05, 0.1) is 18.8 Å². The molecule has 0 saturated carbocycles. The van der Waals surface area contributed by atoms with Crippen LogP contribution in [0.25, 0.3) is 0 Å². The zero-order valence-electron chi connectivity index (χ0n) is 15.7. The van der Waals surface area contributed by atoms with Gasteiger partial charge < -0.3 is 10.1 Å². The van der Waals surface area contributed by atoms with Crippen molar-refractivity contribution in [3.05, 3.63) is 60.2 Å².